The highest BCUT2D eigenvalue weighted by Gasteiger charge is 2.14. The molecule has 8 heteroatoms. The number of rotatable bonds is 6. The van der Waals surface area contributed by atoms with Crippen molar-refractivity contribution in [1.29, 1.82) is 0 Å². The molecule has 3 heterocycles. The smallest absolute Gasteiger partial charge is 0.225 e. The standard InChI is InChI=1S/C19H20N6O2/c1-24(10-9-13-5-7-14(26-2)8-6-13)16-12-17-21-18(15-4-3-11-27-15)23-25(17)19(20)22-16/h3-8,11-12H,9-10H2,1-2H3,(H2,20,22). The maximum atomic E-state index is 6.08. The molecule has 27 heavy (non-hydrogen) atoms. The number of aromatic nitrogens is 4. The fourth-order valence-electron chi connectivity index (χ4n) is 2.81. The molecule has 0 unspecified atom stereocenters. The van der Waals surface area contributed by atoms with E-state index in [2.05, 4.69) is 27.2 Å². The van der Waals surface area contributed by atoms with Crippen LogP contribution in [0.2, 0.25) is 0 Å². The van der Waals surface area contributed by atoms with Gasteiger partial charge in [0.1, 0.15) is 11.6 Å². The molecule has 8 nitrogen and oxygen atoms in total. The van der Waals surface area contributed by atoms with E-state index in [1.54, 1.807) is 25.5 Å². The molecule has 0 aliphatic carbocycles. The van der Waals surface area contributed by atoms with Crippen molar-refractivity contribution in [3.05, 3.63) is 54.3 Å². The quantitative estimate of drug-likeness (QED) is 0.562. The number of anilines is 2. The number of hydrogen-bond donors (Lipinski definition) is 1. The number of benzene rings is 1. The average Bonchev–Trinajstić information content (AvgIpc) is 3.36. The first-order chi connectivity index (χ1) is 13.1. The Balaban J connectivity index is 1.53. The van der Waals surface area contributed by atoms with E-state index < -0.39 is 0 Å². The van der Waals surface area contributed by atoms with Gasteiger partial charge in [0, 0.05) is 19.7 Å². The van der Waals surface area contributed by atoms with Crippen LogP contribution in [0, 0.1) is 0 Å². The summed E-state index contributed by atoms with van der Waals surface area (Å²) in [5.41, 5.74) is 7.93. The molecule has 0 atom stereocenters. The third-order valence-electron chi connectivity index (χ3n) is 4.36. The summed E-state index contributed by atoms with van der Waals surface area (Å²) < 4.78 is 12.1. The van der Waals surface area contributed by atoms with Gasteiger partial charge in [0.15, 0.2) is 11.4 Å². The van der Waals surface area contributed by atoms with Crippen LogP contribution < -0.4 is 15.4 Å². The van der Waals surface area contributed by atoms with Crippen LogP contribution in [0.15, 0.2) is 53.1 Å². The lowest BCUT2D eigenvalue weighted by atomic mass is 10.1. The van der Waals surface area contributed by atoms with Crippen LogP contribution in [0.5, 0.6) is 5.75 Å². The summed E-state index contributed by atoms with van der Waals surface area (Å²) >= 11 is 0. The van der Waals surface area contributed by atoms with Crippen LogP contribution in [0.25, 0.3) is 17.2 Å². The lowest BCUT2D eigenvalue weighted by Crippen LogP contribution is -2.22. The van der Waals surface area contributed by atoms with E-state index >= 15 is 0 Å². The second-order valence-electron chi connectivity index (χ2n) is 6.17. The normalized spacial score (nSPS) is 11.0. The number of ether oxygens (including phenoxy) is 1. The van der Waals surface area contributed by atoms with Gasteiger partial charge < -0.3 is 19.8 Å². The Morgan fingerprint density at radius 3 is 2.70 bits per heavy atom. The van der Waals surface area contributed by atoms with Crippen molar-refractivity contribution >= 4 is 17.4 Å². The van der Waals surface area contributed by atoms with Gasteiger partial charge in [0.25, 0.3) is 0 Å². The Morgan fingerprint density at radius 1 is 1.19 bits per heavy atom. The molecule has 0 spiro atoms. The molecule has 3 aromatic heterocycles. The number of nitrogens with two attached hydrogens (primary N) is 1. The predicted molar refractivity (Wildman–Crippen MR) is 103 cm³/mol. The Morgan fingerprint density at radius 2 is 2.00 bits per heavy atom. The maximum absolute atomic E-state index is 6.08. The highest BCUT2D eigenvalue weighted by molar-refractivity contribution is 5.59. The number of hydrogen-bond acceptors (Lipinski definition) is 7. The van der Waals surface area contributed by atoms with Gasteiger partial charge in [-0.05, 0) is 36.2 Å². The van der Waals surface area contributed by atoms with Crippen molar-refractivity contribution in [1.82, 2.24) is 19.6 Å². The summed E-state index contributed by atoms with van der Waals surface area (Å²) in [6, 6.07) is 13.5. The van der Waals surface area contributed by atoms with Gasteiger partial charge in [-0.15, -0.1) is 5.10 Å². The molecule has 0 aliphatic rings. The fraction of sp³-hybridized carbons (Fsp3) is 0.211. The zero-order chi connectivity index (χ0) is 18.8. The van der Waals surface area contributed by atoms with E-state index in [-0.39, 0.29) is 5.95 Å². The van der Waals surface area contributed by atoms with E-state index in [1.165, 1.54) is 10.1 Å². The molecule has 1 aromatic carbocycles. The van der Waals surface area contributed by atoms with E-state index in [0.29, 0.717) is 17.2 Å². The molecule has 0 radical (unpaired) electrons. The van der Waals surface area contributed by atoms with E-state index in [9.17, 15) is 0 Å². The van der Waals surface area contributed by atoms with Crippen molar-refractivity contribution in [2.24, 2.45) is 0 Å². The number of fused-ring (bicyclic) bond motifs is 1. The SMILES string of the molecule is COc1ccc(CCN(C)c2cc3nc(-c4ccco4)nn3c(N)n2)cc1. The molecule has 0 amide bonds. The third kappa shape index (κ3) is 3.41. The summed E-state index contributed by atoms with van der Waals surface area (Å²) in [6.45, 7) is 0.786. The van der Waals surface area contributed by atoms with Crippen molar-refractivity contribution < 1.29 is 9.15 Å². The zero-order valence-corrected chi connectivity index (χ0v) is 15.2. The third-order valence-corrected chi connectivity index (χ3v) is 4.36. The van der Waals surface area contributed by atoms with Crippen LogP contribution in [-0.4, -0.2) is 40.3 Å². The van der Waals surface area contributed by atoms with Crippen molar-refractivity contribution in [2.45, 2.75) is 6.42 Å². The first kappa shape index (κ1) is 16.9. The predicted octanol–water partition coefficient (Wildman–Crippen LogP) is 2.65. The van der Waals surface area contributed by atoms with Gasteiger partial charge in [0.2, 0.25) is 11.8 Å². The molecule has 2 N–H and O–H groups in total. The van der Waals surface area contributed by atoms with E-state index in [4.69, 9.17) is 14.9 Å². The summed E-state index contributed by atoms with van der Waals surface area (Å²) in [7, 11) is 3.64. The van der Waals surface area contributed by atoms with Crippen molar-refractivity contribution in [2.75, 3.05) is 31.3 Å². The van der Waals surface area contributed by atoms with Gasteiger partial charge in [-0.25, -0.2) is 4.98 Å². The van der Waals surface area contributed by atoms with Crippen LogP contribution in [0.3, 0.4) is 0 Å². The highest BCUT2D eigenvalue weighted by Crippen LogP contribution is 2.21. The molecule has 4 rings (SSSR count). The summed E-state index contributed by atoms with van der Waals surface area (Å²) in [6.07, 6.45) is 2.46. The molecule has 0 saturated heterocycles. The molecule has 0 fully saturated rings. The lowest BCUT2D eigenvalue weighted by molar-refractivity contribution is 0.414. The van der Waals surface area contributed by atoms with Gasteiger partial charge in [-0.1, -0.05) is 12.1 Å². The van der Waals surface area contributed by atoms with Gasteiger partial charge >= 0.3 is 0 Å². The molecular weight excluding hydrogens is 344 g/mol. The first-order valence-electron chi connectivity index (χ1n) is 8.55. The average molecular weight is 364 g/mol. The topological polar surface area (TPSA) is 94.7 Å². The van der Waals surface area contributed by atoms with Crippen LogP contribution >= 0.6 is 0 Å². The Labute approximate surface area is 156 Å². The number of nitrogens with zero attached hydrogens (tertiary/aromatic N) is 5. The number of nitrogen functional groups attached to an aromatic ring is 1. The van der Waals surface area contributed by atoms with Crippen LogP contribution in [-0.2, 0) is 6.42 Å². The minimum Gasteiger partial charge on any atom is -0.497 e. The fourth-order valence-corrected chi connectivity index (χ4v) is 2.81. The van der Waals surface area contributed by atoms with Crippen molar-refractivity contribution in [3.63, 3.8) is 0 Å². The van der Waals surface area contributed by atoms with Crippen LogP contribution in [0.1, 0.15) is 5.56 Å². The molecule has 4 aromatic rings. The van der Waals surface area contributed by atoms with Gasteiger partial charge in [-0.2, -0.15) is 9.50 Å². The number of likely N-dealkylation sites (N-methyl/N-ethyl adjacent to an activating group) is 1. The molecule has 0 saturated carbocycles. The van der Waals surface area contributed by atoms with Crippen molar-refractivity contribution in [3.8, 4) is 17.3 Å². The zero-order valence-electron chi connectivity index (χ0n) is 15.2. The summed E-state index contributed by atoms with van der Waals surface area (Å²) in [4.78, 5) is 11.0. The minimum absolute atomic E-state index is 0.282. The summed E-state index contributed by atoms with van der Waals surface area (Å²) in [5.74, 6) is 2.95. The number of methoxy groups -OCH3 is 1. The van der Waals surface area contributed by atoms with E-state index in [1.807, 2.05) is 30.1 Å². The number of furan rings is 1. The Kier molecular flexibility index (Phi) is 4.37. The summed E-state index contributed by atoms with van der Waals surface area (Å²) in [5, 5.41) is 4.36. The van der Waals surface area contributed by atoms with E-state index in [0.717, 1.165) is 24.5 Å². The Hall–Kier alpha value is -3.55. The largest absolute Gasteiger partial charge is 0.497 e. The monoisotopic (exact) mass is 364 g/mol. The first-order valence-corrected chi connectivity index (χ1v) is 8.55. The second kappa shape index (κ2) is 6.99. The van der Waals surface area contributed by atoms with Gasteiger partial charge in [0.05, 0.1) is 13.4 Å². The molecule has 138 valence electrons. The highest BCUT2D eigenvalue weighted by atomic mass is 16.5. The molecular formula is C19H20N6O2. The molecule has 0 aliphatic heterocycles. The van der Waals surface area contributed by atoms with Gasteiger partial charge in [-0.3, -0.25) is 0 Å². The maximum Gasteiger partial charge on any atom is 0.225 e. The molecule has 0 bridgehead atoms. The second-order valence-corrected chi connectivity index (χ2v) is 6.17. The lowest BCUT2D eigenvalue weighted by Gasteiger charge is -2.18. The minimum atomic E-state index is 0.282. The van der Waals surface area contributed by atoms with Crippen LogP contribution in [0.4, 0.5) is 11.8 Å². The Bertz CT molecular complexity index is 1040.